The van der Waals surface area contributed by atoms with Crippen LogP contribution in [0.3, 0.4) is 0 Å². The predicted molar refractivity (Wildman–Crippen MR) is 74.3 cm³/mol. The van der Waals surface area contributed by atoms with Crippen LogP contribution in [0.2, 0.25) is 0 Å². The van der Waals surface area contributed by atoms with Crippen LogP contribution in [0.15, 0.2) is 23.2 Å². The maximum atomic E-state index is 12.1. The minimum absolute atomic E-state index is 0.0726. The monoisotopic (exact) mass is 311 g/mol. The second kappa shape index (κ2) is 5.39. The molecule has 0 spiro atoms. The van der Waals surface area contributed by atoms with E-state index in [1.165, 1.54) is 0 Å². The summed E-state index contributed by atoms with van der Waals surface area (Å²) in [6.45, 7) is 4.44. The van der Waals surface area contributed by atoms with Gasteiger partial charge >= 0.3 is 0 Å². The molecule has 0 saturated carbocycles. The molecule has 0 aromatic heterocycles. The van der Waals surface area contributed by atoms with Gasteiger partial charge in [0.15, 0.2) is 0 Å². The quantitative estimate of drug-likeness (QED) is 0.578. The Kier molecular flexibility index (Phi) is 4.05. The van der Waals surface area contributed by atoms with Crippen molar-refractivity contribution in [3.63, 3.8) is 0 Å². The molecular formula is C14H18BrNO2. The molecule has 3 nitrogen and oxygen atoms in total. The summed E-state index contributed by atoms with van der Waals surface area (Å²) in [5, 5.41) is 0. The standard InChI is InChI=1S/C14H18BrNO2/c1-11(15)5-4-8-16-13(18)9-12-6-2-3-7-14(12,16)10-17/h2,6,10,12H,1,3-5,7-9H2/t12-,14+/m1/s1. The van der Waals surface area contributed by atoms with Crippen molar-refractivity contribution in [2.24, 2.45) is 5.92 Å². The molecule has 1 saturated heterocycles. The van der Waals surface area contributed by atoms with E-state index in [4.69, 9.17) is 0 Å². The van der Waals surface area contributed by atoms with Crippen LogP contribution in [0.5, 0.6) is 0 Å². The van der Waals surface area contributed by atoms with Gasteiger partial charge < -0.3 is 9.69 Å². The number of fused-ring (bicyclic) bond motifs is 1. The first-order chi connectivity index (χ1) is 8.60. The summed E-state index contributed by atoms with van der Waals surface area (Å²) in [6, 6.07) is 0. The van der Waals surface area contributed by atoms with Gasteiger partial charge in [0.1, 0.15) is 11.8 Å². The number of halogens is 1. The van der Waals surface area contributed by atoms with E-state index in [9.17, 15) is 9.59 Å². The molecule has 1 heterocycles. The van der Waals surface area contributed by atoms with Gasteiger partial charge in [0.2, 0.25) is 5.91 Å². The number of carbonyl (C=O) groups excluding carboxylic acids is 2. The zero-order valence-corrected chi connectivity index (χ0v) is 12.0. The third-order valence-electron chi connectivity index (χ3n) is 3.95. The lowest BCUT2D eigenvalue weighted by atomic mass is 9.78. The van der Waals surface area contributed by atoms with E-state index in [0.717, 1.165) is 36.5 Å². The van der Waals surface area contributed by atoms with Crippen molar-refractivity contribution in [1.82, 2.24) is 4.90 Å². The highest BCUT2D eigenvalue weighted by atomic mass is 79.9. The largest absolute Gasteiger partial charge is 0.330 e. The van der Waals surface area contributed by atoms with Gasteiger partial charge in [0.25, 0.3) is 0 Å². The predicted octanol–water partition coefficient (Wildman–Crippen LogP) is 2.81. The van der Waals surface area contributed by atoms with Gasteiger partial charge in [-0.15, -0.1) is 0 Å². The Morgan fingerprint density at radius 3 is 3.11 bits per heavy atom. The molecule has 1 aliphatic heterocycles. The van der Waals surface area contributed by atoms with Crippen molar-refractivity contribution in [2.45, 2.75) is 37.6 Å². The zero-order chi connectivity index (χ0) is 13.2. The first-order valence-electron chi connectivity index (χ1n) is 6.37. The number of carbonyl (C=O) groups is 2. The van der Waals surface area contributed by atoms with Crippen molar-refractivity contribution in [2.75, 3.05) is 6.54 Å². The van der Waals surface area contributed by atoms with Crippen LogP contribution in [-0.2, 0) is 9.59 Å². The van der Waals surface area contributed by atoms with Crippen LogP contribution in [0.4, 0.5) is 0 Å². The third kappa shape index (κ3) is 2.30. The molecule has 2 atom stereocenters. The first kappa shape index (κ1) is 13.5. The molecule has 1 amide bonds. The van der Waals surface area contributed by atoms with Crippen LogP contribution in [0, 0.1) is 5.92 Å². The van der Waals surface area contributed by atoms with E-state index in [1.807, 2.05) is 6.08 Å². The topological polar surface area (TPSA) is 37.4 Å². The molecule has 0 unspecified atom stereocenters. The minimum Gasteiger partial charge on any atom is -0.330 e. The van der Waals surface area contributed by atoms with Gasteiger partial charge in [-0.25, -0.2) is 0 Å². The van der Waals surface area contributed by atoms with E-state index in [2.05, 4.69) is 28.6 Å². The molecule has 1 aliphatic carbocycles. The molecule has 0 bridgehead atoms. The van der Waals surface area contributed by atoms with Crippen LogP contribution in [0.1, 0.15) is 32.1 Å². The number of hydrogen-bond acceptors (Lipinski definition) is 2. The lowest BCUT2D eigenvalue weighted by Crippen LogP contribution is -2.51. The van der Waals surface area contributed by atoms with E-state index in [0.29, 0.717) is 13.0 Å². The lowest BCUT2D eigenvalue weighted by Gasteiger charge is -2.38. The summed E-state index contributed by atoms with van der Waals surface area (Å²) < 4.78 is 0.939. The summed E-state index contributed by atoms with van der Waals surface area (Å²) in [7, 11) is 0. The van der Waals surface area contributed by atoms with Crippen molar-refractivity contribution in [3.8, 4) is 0 Å². The highest BCUT2D eigenvalue weighted by molar-refractivity contribution is 9.11. The average molecular weight is 312 g/mol. The van der Waals surface area contributed by atoms with Crippen molar-refractivity contribution >= 4 is 28.1 Å². The molecule has 2 rings (SSSR count). The van der Waals surface area contributed by atoms with Gasteiger partial charge in [-0.1, -0.05) is 34.7 Å². The van der Waals surface area contributed by atoms with Crippen LogP contribution < -0.4 is 0 Å². The van der Waals surface area contributed by atoms with Crippen LogP contribution >= 0.6 is 15.9 Å². The van der Waals surface area contributed by atoms with E-state index >= 15 is 0 Å². The second-order valence-corrected chi connectivity index (χ2v) is 6.17. The number of amides is 1. The van der Waals surface area contributed by atoms with Gasteiger partial charge in [0.05, 0.1) is 0 Å². The van der Waals surface area contributed by atoms with Gasteiger partial charge in [0, 0.05) is 18.9 Å². The maximum Gasteiger partial charge on any atom is 0.224 e. The number of likely N-dealkylation sites (tertiary alicyclic amines) is 1. The molecule has 0 aromatic rings. The molecule has 98 valence electrons. The molecule has 1 fully saturated rings. The second-order valence-electron chi connectivity index (χ2n) is 5.05. The van der Waals surface area contributed by atoms with Gasteiger partial charge in [-0.2, -0.15) is 0 Å². The van der Waals surface area contributed by atoms with E-state index < -0.39 is 5.54 Å². The van der Waals surface area contributed by atoms with Gasteiger partial charge in [-0.05, 0) is 30.2 Å². The fourth-order valence-corrected chi connectivity index (χ4v) is 3.29. The van der Waals surface area contributed by atoms with Crippen molar-refractivity contribution < 1.29 is 9.59 Å². The molecule has 0 aromatic carbocycles. The summed E-state index contributed by atoms with van der Waals surface area (Å²) in [6.07, 6.45) is 8.92. The fraction of sp³-hybridized carbons (Fsp3) is 0.571. The van der Waals surface area contributed by atoms with Crippen LogP contribution in [0.25, 0.3) is 0 Å². The Balaban J connectivity index is 2.12. The SMILES string of the molecule is C=C(Br)CCCN1C(=O)C[C@H]2C=CCC[C@]21C=O. The number of rotatable bonds is 5. The summed E-state index contributed by atoms with van der Waals surface area (Å²) in [5.74, 6) is 0.183. The molecule has 0 N–H and O–H groups in total. The highest BCUT2D eigenvalue weighted by Gasteiger charge is 2.51. The number of aldehydes is 1. The smallest absolute Gasteiger partial charge is 0.224 e. The van der Waals surface area contributed by atoms with Crippen molar-refractivity contribution in [3.05, 3.63) is 23.2 Å². The Morgan fingerprint density at radius 2 is 2.44 bits per heavy atom. The number of allylic oxidation sites excluding steroid dienone is 2. The first-order valence-corrected chi connectivity index (χ1v) is 7.16. The van der Waals surface area contributed by atoms with Gasteiger partial charge in [-0.3, -0.25) is 4.79 Å². The molecule has 2 aliphatic rings. The van der Waals surface area contributed by atoms with Crippen molar-refractivity contribution in [1.29, 1.82) is 0 Å². The molecule has 4 heteroatoms. The Morgan fingerprint density at radius 1 is 1.67 bits per heavy atom. The molecule has 0 radical (unpaired) electrons. The average Bonchev–Trinajstić information content (AvgIpc) is 2.62. The third-order valence-corrected chi connectivity index (χ3v) is 4.35. The molecule has 18 heavy (non-hydrogen) atoms. The number of nitrogens with zero attached hydrogens (tertiary/aromatic N) is 1. The normalized spacial score (nSPS) is 30.4. The van der Waals surface area contributed by atoms with E-state index in [1.54, 1.807) is 4.90 Å². The maximum absolute atomic E-state index is 12.1. The zero-order valence-electron chi connectivity index (χ0n) is 10.4. The summed E-state index contributed by atoms with van der Waals surface area (Å²) >= 11 is 3.32. The minimum atomic E-state index is -0.570. The van der Waals surface area contributed by atoms with Crippen LogP contribution in [-0.4, -0.2) is 29.2 Å². The van der Waals surface area contributed by atoms with E-state index in [-0.39, 0.29) is 11.8 Å². The fourth-order valence-electron chi connectivity index (χ4n) is 3.01. The Bertz CT molecular complexity index is 405. The number of hydrogen-bond donors (Lipinski definition) is 0. The lowest BCUT2D eigenvalue weighted by molar-refractivity contribution is -0.136. The summed E-state index contributed by atoms with van der Waals surface area (Å²) in [5.41, 5.74) is -0.570. The highest BCUT2D eigenvalue weighted by Crippen LogP contribution is 2.41. The molecular weight excluding hydrogens is 294 g/mol. The Hall–Kier alpha value is -0.900. The summed E-state index contributed by atoms with van der Waals surface area (Å²) in [4.78, 5) is 25.4. The Labute approximate surface area is 116 Å².